The molecule has 2 amide bonds. The lowest BCUT2D eigenvalue weighted by molar-refractivity contribution is -0.115. The Balaban J connectivity index is 1.68. The zero-order valence-electron chi connectivity index (χ0n) is 15.0. The van der Waals surface area contributed by atoms with E-state index in [1.807, 2.05) is 30.3 Å². The van der Waals surface area contributed by atoms with Gasteiger partial charge in [0.2, 0.25) is 5.91 Å². The number of amides is 2. The third kappa shape index (κ3) is 4.81. The average molecular weight is 400 g/mol. The highest BCUT2D eigenvalue weighted by Gasteiger charge is 2.26. The fraction of sp³-hybridized carbons (Fsp3) is 0.250. The van der Waals surface area contributed by atoms with Gasteiger partial charge in [-0.3, -0.25) is 14.9 Å². The number of rotatable bonds is 4. The lowest BCUT2D eigenvalue weighted by Crippen LogP contribution is -2.33. The molecule has 3 rings (SSSR count). The van der Waals surface area contributed by atoms with Crippen molar-refractivity contribution in [1.29, 1.82) is 0 Å². The fourth-order valence-electron chi connectivity index (χ4n) is 3.12. The minimum Gasteiger partial charge on any atom is -0.365 e. The SMILES string of the molecule is C[C@@H]1CCc2c(sc(NC(=S)NC(=O)/C=C/c3ccccc3)c2C(N)=O)C1. The van der Waals surface area contributed by atoms with E-state index in [4.69, 9.17) is 18.0 Å². The van der Waals surface area contributed by atoms with Crippen LogP contribution in [0.3, 0.4) is 0 Å². The van der Waals surface area contributed by atoms with E-state index >= 15 is 0 Å². The Morgan fingerprint density at radius 3 is 2.74 bits per heavy atom. The van der Waals surface area contributed by atoms with Crippen molar-refractivity contribution in [2.75, 3.05) is 5.32 Å². The van der Waals surface area contributed by atoms with Crippen molar-refractivity contribution in [2.45, 2.75) is 26.2 Å². The zero-order chi connectivity index (χ0) is 19.4. The number of hydrogen-bond donors (Lipinski definition) is 3. The Labute approximate surface area is 167 Å². The van der Waals surface area contributed by atoms with Crippen LogP contribution in [0.1, 0.15) is 39.7 Å². The molecule has 0 aliphatic heterocycles. The van der Waals surface area contributed by atoms with Gasteiger partial charge in [-0.05, 0) is 54.6 Å². The second kappa shape index (κ2) is 8.45. The first kappa shape index (κ1) is 19.3. The molecule has 1 heterocycles. The Hall–Kier alpha value is -2.51. The Kier molecular flexibility index (Phi) is 6.03. The summed E-state index contributed by atoms with van der Waals surface area (Å²) in [6.07, 6.45) is 5.93. The number of anilines is 1. The molecule has 7 heteroatoms. The molecule has 0 saturated heterocycles. The second-order valence-corrected chi connectivity index (χ2v) is 8.12. The van der Waals surface area contributed by atoms with Gasteiger partial charge in [-0.2, -0.15) is 0 Å². The number of carbonyl (C=O) groups is 2. The molecule has 2 aromatic rings. The first-order valence-corrected chi connectivity index (χ1v) is 9.96. The van der Waals surface area contributed by atoms with E-state index in [1.165, 1.54) is 22.3 Å². The van der Waals surface area contributed by atoms with Crippen molar-refractivity contribution < 1.29 is 9.59 Å². The number of benzene rings is 1. The van der Waals surface area contributed by atoms with Crippen LogP contribution in [0.5, 0.6) is 0 Å². The second-order valence-electron chi connectivity index (χ2n) is 6.61. The van der Waals surface area contributed by atoms with Crippen LogP contribution in [-0.2, 0) is 17.6 Å². The largest absolute Gasteiger partial charge is 0.365 e. The van der Waals surface area contributed by atoms with E-state index < -0.39 is 5.91 Å². The van der Waals surface area contributed by atoms with Gasteiger partial charge >= 0.3 is 0 Å². The van der Waals surface area contributed by atoms with Gasteiger partial charge in [0.25, 0.3) is 5.91 Å². The summed E-state index contributed by atoms with van der Waals surface area (Å²) in [5, 5.41) is 6.33. The van der Waals surface area contributed by atoms with Crippen LogP contribution < -0.4 is 16.4 Å². The van der Waals surface area contributed by atoms with Crippen LogP contribution in [0.25, 0.3) is 6.08 Å². The monoisotopic (exact) mass is 399 g/mol. The summed E-state index contributed by atoms with van der Waals surface area (Å²) in [7, 11) is 0. The quantitative estimate of drug-likeness (QED) is 0.543. The highest BCUT2D eigenvalue weighted by atomic mass is 32.1. The predicted octanol–water partition coefficient (Wildman–Crippen LogP) is 3.50. The maximum Gasteiger partial charge on any atom is 0.251 e. The standard InChI is InChI=1S/C20H21N3O2S2/c1-12-7-9-14-15(11-12)27-19(17(14)18(21)25)23-20(26)22-16(24)10-8-13-5-3-2-4-6-13/h2-6,8,10,12H,7,9,11H2,1H3,(H2,21,25)(H2,22,23,24,26)/b10-8+/t12-/m1/s1. The van der Waals surface area contributed by atoms with Gasteiger partial charge in [-0.25, -0.2) is 0 Å². The predicted molar refractivity (Wildman–Crippen MR) is 114 cm³/mol. The average Bonchev–Trinajstić information content (AvgIpc) is 2.97. The molecule has 1 aliphatic rings. The minimum atomic E-state index is -0.470. The van der Waals surface area contributed by atoms with Crippen LogP contribution in [0.15, 0.2) is 36.4 Å². The third-order valence-corrected chi connectivity index (χ3v) is 5.82. The Bertz CT molecular complexity index is 903. The summed E-state index contributed by atoms with van der Waals surface area (Å²) in [4.78, 5) is 25.2. The van der Waals surface area contributed by atoms with Crippen molar-refractivity contribution >= 4 is 51.6 Å². The minimum absolute atomic E-state index is 0.145. The lowest BCUT2D eigenvalue weighted by Gasteiger charge is -2.18. The van der Waals surface area contributed by atoms with Gasteiger partial charge in [-0.15, -0.1) is 11.3 Å². The molecule has 0 fully saturated rings. The summed E-state index contributed by atoms with van der Waals surface area (Å²) in [6.45, 7) is 2.20. The van der Waals surface area contributed by atoms with Crippen LogP contribution in [0.2, 0.25) is 0 Å². The number of fused-ring (bicyclic) bond motifs is 1. The van der Waals surface area contributed by atoms with Gasteiger partial charge in [-0.1, -0.05) is 37.3 Å². The van der Waals surface area contributed by atoms with Crippen molar-refractivity contribution in [3.8, 4) is 0 Å². The summed E-state index contributed by atoms with van der Waals surface area (Å²) < 4.78 is 0. The number of carbonyl (C=O) groups excluding carboxylic acids is 2. The topological polar surface area (TPSA) is 84.2 Å². The van der Waals surface area contributed by atoms with Crippen molar-refractivity contribution in [2.24, 2.45) is 11.7 Å². The van der Waals surface area contributed by atoms with E-state index in [0.717, 1.165) is 30.4 Å². The number of hydrogen-bond acceptors (Lipinski definition) is 4. The third-order valence-electron chi connectivity index (χ3n) is 4.45. The van der Waals surface area contributed by atoms with Crippen LogP contribution in [0, 0.1) is 5.92 Å². The van der Waals surface area contributed by atoms with Crippen LogP contribution >= 0.6 is 23.6 Å². The van der Waals surface area contributed by atoms with Crippen LogP contribution in [0.4, 0.5) is 5.00 Å². The smallest absolute Gasteiger partial charge is 0.251 e. The normalized spacial score (nSPS) is 16.0. The molecular formula is C20H21N3O2S2. The molecule has 0 saturated carbocycles. The molecule has 1 aromatic carbocycles. The van der Waals surface area contributed by atoms with Gasteiger partial charge in [0.15, 0.2) is 5.11 Å². The number of primary amides is 1. The van der Waals surface area contributed by atoms with E-state index in [1.54, 1.807) is 6.08 Å². The van der Waals surface area contributed by atoms with Crippen LogP contribution in [-0.4, -0.2) is 16.9 Å². The number of thiocarbonyl (C=S) groups is 1. The maximum absolute atomic E-state index is 12.1. The molecule has 1 aliphatic carbocycles. The summed E-state index contributed by atoms with van der Waals surface area (Å²) >= 11 is 6.72. The lowest BCUT2D eigenvalue weighted by atomic mass is 9.88. The Morgan fingerprint density at radius 2 is 2.04 bits per heavy atom. The maximum atomic E-state index is 12.1. The molecule has 5 nitrogen and oxygen atoms in total. The van der Waals surface area contributed by atoms with E-state index in [2.05, 4.69) is 17.6 Å². The van der Waals surface area contributed by atoms with E-state index in [-0.39, 0.29) is 11.0 Å². The van der Waals surface area contributed by atoms with Crippen molar-refractivity contribution in [3.05, 3.63) is 58.0 Å². The molecule has 1 aromatic heterocycles. The number of thiophene rings is 1. The molecule has 27 heavy (non-hydrogen) atoms. The highest BCUT2D eigenvalue weighted by Crippen LogP contribution is 2.39. The van der Waals surface area contributed by atoms with Gasteiger partial charge < -0.3 is 11.1 Å². The summed E-state index contributed by atoms with van der Waals surface area (Å²) in [5.41, 5.74) is 8.03. The van der Waals surface area contributed by atoms with E-state index in [0.29, 0.717) is 16.5 Å². The first-order chi connectivity index (χ1) is 12.9. The molecule has 0 spiro atoms. The molecule has 140 valence electrons. The molecule has 0 unspecified atom stereocenters. The zero-order valence-corrected chi connectivity index (χ0v) is 16.6. The molecule has 4 N–H and O–H groups in total. The first-order valence-electron chi connectivity index (χ1n) is 8.73. The van der Waals surface area contributed by atoms with Gasteiger partial charge in [0.1, 0.15) is 5.00 Å². The van der Waals surface area contributed by atoms with Gasteiger partial charge in [0, 0.05) is 11.0 Å². The summed E-state index contributed by atoms with van der Waals surface area (Å²) in [5.74, 6) is -0.228. The van der Waals surface area contributed by atoms with Gasteiger partial charge in [0.05, 0.1) is 5.56 Å². The molecule has 1 atom stereocenters. The van der Waals surface area contributed by atoms with E-state index in [9.17, 15) is 9.59 Å². The fourth-order valence-corrected chi connectivity index (χ4v) is 4.81. The Morgan fingerprint density at radius 1 is 1.30 bits per heavy atom. The molecule has 0 radical (unpaired) electrons. The summed E-state index contributed by atoms with van der Waals surface area (Å²) in [6, 6.07) is 9.50. The highest BCUT2D eigenvalue weighted by molar-refractivity contribution is 7.80. The molecular weight excluding hydrogens is 378 g/mol. The molecule has 0 bridgehead atoms. The van der Waals surface area contributed by atoms with Crippen molar-refractivity contribution in [1.82, 2.24) is 5.32 Å². The number of nitrogens with two attached hydrogens (primary N) is 1. The van der Waals surface area contributed by atoms with Crippen molar-refractivity contribution in [3.63, 3.8) is 0 Å². The number of nitrogens with one attached hydrogen (secondary N) is 2.